The van der Waals surface area contributed by atoms with Crippen LogP contribution in [0, 0.1) is 11.7 Å². The predicted octanol–water partition coefficient (Wildman–Crippen LogP) is 0.626. The van der Waals surface area contributed by atoms with E-state index in [4.69, 9.17) is 5.73 Å². The van der Waals surface area contributed by atoms with Crippen LogP contribution in [0.2, 0.25) is 0 Å². The highest BCUT2D eigenvalue weighted by Gasteiger charge is 2.26. The van der Waals surface area contributed by atoms with Gasteiger partial charge in [0.05, 0.1) is 6.20 Å². The van der Waals surface area contributed by atoms with Gasteiger partial charge in [-0.2, -0.15) is 0 Å². The molecule has 100 valence electrons. The number of nitrogens with two attached hydrogens (primary N) is 1. The second kappa shape index (κ2) is 5.29. The molecule has 2 atom stereocenters. The second-order valence-electron chi connectivity index (χ2n) is 4.55. The van der Waals surface area contributed by atoms with E-state index >= 15 is 0 Å². The van der Waals surface area contributed by atoms with Crippen LogP contribution < -0.4 is 10.5 Å². The van der Waals surface area contributed by atoms with E-state index in [0.717, 1.165) is 37.7 Å². The van der Waals surface area contributed by atoms with E-state index in [0.29, 0.717) is 6.54 Å². The van der Waals surface area contributed by atoms with Crippen molar-refractivity contribution in [3.8, 4) is 0 Å². The third kappa shape index (κ3) is 3.04. The van der Waals surface area contributed by atoms with Crippen molar-refractivity contribution < 1.29 is 12.8 Å². The number of hydrogen-bond donors (Lipinski definition) is 2. The van der Waals surface area contributed by atoms with E-state index in [2.05, 4.69) is 9.71 Å². The second-order valence-corrected chi connectivity index (χ2v) is 6.31. The van der Waals surface area contributed by atoms with Crippen LogP contribution >= 0.6 is 0 Å². The molecule has 0 radical (unpaired) electrons. The van der Waals surface area contributed by atoms with Crippen molar-refractivity contribution in [2.24, 2.45) is 11.7 Å². The molecule has 1 fully saturated rings. The Labute approximate surface area is 106 Å². The molecule has 1 aliphatic carbocycles. The van der Waals surface area contributed by atoms with Crippen LogP contribution in [-0.2, 0) is 10.0 Å². The molecule has 2 unspecified atom stereocenters. The van der Waals surface area contributed by atoms with Gasteiger partial charge in [-0.3, -0.25) is 4.98 Å². The minimum absolute atomic E-state index is 0.0401. The highest BCUT2D eigenvalue weighted by Crippen LogP contribution is 2.23. The average molecular weight is 273 g/mol. The lowest BCUT2D eigenvalue weighted by atomic mass is 10.1. The van der Waals surface area contributed by atoms with E-state index in [1.165, 1.54) is 0 Å². The van der Waals surface area contributed by atoms with Gasteiger partial charge in [-0.05, 0) is 24.8 Å². The van der Waals surface area contributed by atoms with Gasteiger partial charge in [0.2, 0.25) is 10.0 Å². The van der Waals surface area contributed by atoms with Crippen molar-refractivity contribution in [1.29, 1.82) is 0 Å². The van der Waals surface area contributed by atoms with Gasteiger partial charge >= 0.3 is 0 Å². The minimum Gasteiger partial charge on any atom is -0.327 e. The van der Waals surface area contributed by atoms with Crippen LogP contribution in [0.1, 0.15) is 19.3 Å². The monoisotopic (exact) mass is 273 g/mol. The van der Waals surface area contributed by atoms with Gasteiger partial charge in [-0.25, -0.2) is 17.5 Å². The first-order valence-corrected chi connectivity index (χ1v) is 7.33. The molecule has 0 spiro atoms. The predicted molar refractivity (Wildman–Crippen MR) is 64.7 cm³/mol. The summed E-state index contributed by atoms with van der Waals surface area (Å²) in [5, 5.41) is 0. The van der Waals surface area contributed by atoms with E-state index in [9.17, 15) is 12.8 Å². The summed E-state index contributed by atoms with van der Waals surface area (Å²) < 4.78 is 39.2. The summed E-state index contributed by atoms with van der Waals surface area (Å²) >= 11 is 0. The number of rotatable bonds is 4. The van der Waals surface area contributed by atoms with Crippen molar-refractivity contribution in [3.05, 3.63) is 24.3 Å². The van der Waals surface area contributed by atoms with Gasteiger partial charge in [0.1, 0.15) is 10.7 Å². The number of nitrogens with one attached hydrogen (secondary N) is 1. The first-order valence-electron chi connectivity index (χ1n) is 5.85. The number of halogens is 1. The molecule has 0 saturated heterocycles. The van der Waals surface area contributed by atoms with Crippen LogP contribution in [-0.4, -0.2) is 26.0 Å². The molecule has 0 aliphatic heterocycles. The van der Waals surface area contributed by atoms with Crippen LogP contribution in [0.25, 0.3) is 0 Å². The standard InChI is InChI=1S/C11H16FN3O2S/c12-9-4-10(7-14-6-9)18(16,17)15-5-8-2-1-3-11(8)13/h4,6-8,11,15H,1-3,5,13H2. The molecule has 0 aromatic carbocycles. The number of pyridine rings is 1. The zero-order chi connectivity index (χ0) is 13.2. The van der Waals surface area contributed by atoms with Crippen LogP contribution in [0.3, 0.4) is 0 Å². The Morgan fingerprint density at radius 1 is 1.44 bits per heavy atom. The maximum Gasteiger partial charge on any atom is 0.242 e. The fourth-order valence-electron chi connectivity index (χ4n) is 2.16. The lowest BCUT2D eigenvalue weighted by Gasteiger charge is -2.15. The third-order valence-electron chi connectivity index (χ3n) is 3.24. The van der Waals surface area contributed by atoms with E-state index in [1.54, 1.807) is 0 Å². The molecule has 2 rings (SSSR count). The van der Waals surface area contributed by atoms with E-state index < -0.39 is 15.8 Å². The summed E-state index contributed by atoms with van der Waals surface area (Å²) in [6.07, 6.45) is 4.96. The van der Waals surface area contributed by atoms with Crippen molar-refractivity contribution in [2.45, 2.75) is 30.2 Å². The van der Waals surface area contributed by atoms with Gasteiger partial charge < -0.3 is 5.73 Å². The van der Waals surface area contributed by atoms with Crippen molar-refractivity contribution in [3.63, 3.8) is 0 Å². The Morgan fingerprint density at radius 2 is 2.22 bits per heavy atom. The first-order chi connectivity index (χ1) is 8.49. The molecule has 1 saturated carbocycles. The Morgan fingerprint density at radius 3 is 2.83 bits per heavy atom. The number of nitrogens with zero attached hydrogens (tertiary/aromatic N) is 1. The Hall–Kier alpha value is -1.05. The van der Waals surface area contributed by atoms with E-state index in [-0.39, 0.29) is 16.9 Å². The lowest BCUT2D eigenvalue weighted by molar-refractivity contribution is 0.469. The minimum atomic E-state index is -3.70. The Bertz CT molecular complexity index is 521. The van der Waals surface area contributed by atoms with Gasteiger partial charge in [0.15, 0.2) is 0 Å². The molecular weight excluding hydrogens is 257 g/mol. The number of hydrogen-bond acceptors (Lipinski definition) is 4. The maximum atomic E-state index is 12.9. The van der Waals surface area contributed by atoms with Crippen LogP contribution in [0.15, 0.2) is 23.4 Å². The zero-order valence-electron chi connectivity index (χ0n) is 9.84. The summed E-state index contributed by atoms with van der Waals surface area (Å²) in [4.78, 5) is 3.37. The largest absolute Gasteiger partial charge is 0.327 e. The summed E-state index contributed by atoms with van der Waals surface area (Å²) in [6.45, 7) is 0.292. The maximum absolute atomic E-state index is 12.9. The summed E-state index contributed by atoms with van der Waals surface area (Å²) in [7, 11) is -3.70. The zero-order valence-corrected chi connectivity index (χ0v) is 10.7. The smallest absolute Gasteiger partial charge is 0.242 e. The highest BCUT2D eigenvalue weighted by atomic mass is 32.2. The molecule has 1 heterocycles. The molecule has 0 amide bonds. The Balaban J connectivity index is 2.03. The number of sulfonamides is 1. The van der Waals surface area contributed by atoms with Crippen molar-refractivity contribution >= 4 is 10.0 Å². The molecular formula is C11H16FN3O2S. The van der Waals surface area contributed by atoms with Gasteiger partial charge in [0, 0.05) is 18.8 Å². The SMILES string of the molecule is NC1CCCC1CNS(=O)(=O)c1cncc(F)c1. The number of aromatic nitrogens is 1. The van der Waals surface area contributed by atoms with Gasteiger partial charge in [-0.15, -0.1) is 0 Å². The molecule has 1 aromatic heterocycles. The molecule has 5 nitrogen and oxygen atoms in total. The quantitative estimate of drug-likeness (QED) is 0.842. The highest BCUT2D eigenvalue weighted by molar-refractivity contribution is 7.89. The normalized spacial score (nSPS) is 24.3. The van der Waals surface area contributed by atoms with Crippen molar-refractivity contribution in [1.82, 2.24) is 9.71 Å². The third-order valence-corrected chi connectivity index (χ3v) is 4.63. The molecule has 1 aromatic rings. The Kier molecular flexibility index (Phi) is 3.94. The fraction of sp³-hybridized carbons (Fsp3) is 0.545. The lowest BCUT2D eigenvalue weighted by Crippen LogP contribution is -2.36. The van der Waals surface area contributed by atoms with Crippen molar-refractivity contribution in [2.75, 3.05) is 6.54 Å². The average Bonchev–Trinajstić information content (AvgIpc) is 2.72. The van der Waals surface area contributed by atoms with Crippen LogP contribution in [0.5, 0.6) is 0 Å². The summed E-state index contributed by atoms with van der Waals surface area (Å²) in [6, 6.07) is 0.988. The molecule has 7 heteroatoms. The molecule has 0 bridgehead atoms. The van der Waals surface area contributed by atoms with E-state index in [1.807, 2.05) is 0 Å². The first kappa shape index (κ1) is 13.4. The topological polar surface area (TPSA) is 85.1 Å². The van der Waals surface area contributed by atoms with Crippen LogP contribution in [0.4, 0.5) is 4.39 Å². The summed E-state index contributed by atoms with van der Waals surface area (Å²) in [5.41, 5.74) is 5.86. The fourth-order valence-corrected chi connectivity index (χ4v) is 3.23. The van der Waals surface area contributed by atoms with Gasteiger partial charge in [-0.1, -0.05) is 6.42 Å². The molecule has 1 aliphatic rings. The van der Waals surface area contributed by atoms with Gasteiger partial charge in [0.25, 0.3) is 0 Å². The molecule has 18 heavy (non-hydrogen) atoms. The molecule has 3 N–H and O–H groups in total. The summed E-state index contributed by atoms with van der Waals surface area (Å²) in [5.74, 6) is -0.517.